The van der Waals surface area contributed by atoms with Crippen molar-refractivity contribution in [2.75, 3.05) is 18.1 Å². The lowest BCUT2D eigenvalue weighted by molar-refractivity contribution is 0.0661. The number of fused-ring (bicyclic) bond motifs is 1. The van der Waals surface area contributed by atoms with Gasteiger partial charge in [-0.25, -0.2) is 4.79 Å². The van der Waals surface area contributed by atoms with E-state index in [1.165, 1.54) is 0 Å². The fourth-order valence-electron chi connectivity index (χ4n) is 2.63. The summed E-state index contributed by atoms with van der Waals surface area (Å²) in [7, 11) is 0. The molecule has 1 aromatic carbocycles. The summed E-state index contributed by atoms with van der Waals surface area (Å²) < 4.78 is 5.51. The van der Waals surface area contributed by atoms with Crippen molar-refractivity contribution in [3.63, 3.8) is 0 Å². The number of aromatic carboxylic acids is 1. The molecule has 3 rings (SSSR count). The van der Waals surface area contributed by atoms with E-state index in [4.69, 9.17) is 4.42 Å². The molecule has 2 heterocycles. The van der Waals surface area contributed by atoms with Crippen molar-refractivity contribution < 1.29 is 14.3 Å². The molecular weight excluding hydrogens is 274 g/mol. The van der Waals surface area contributed by atoms with Crippen LogP contribution in [0.15, 0.2) is 28.7 Å². The maximum absolute atomic E-state index is 11.4. The van der Waals surface area contributed by atoms with Crippen LogP contribution in [0.4, 0.5) is 0 Å². The Morgan fingerprint density at radius 1 is 1.50 bits per heavy atom. The van der Waals surface area contributed by atoms with Crippen LogP contribution in [0.3, 0.4) is 0 Å². The Bertz CT molecular complexity index is 637. The number of para-hydroxylation sites is 1. The van der Waals surface area contributed by atoms with Crippen LogP contribution in [-0.2, 0) is 6.54 Å². The summed E-state index contributed by atoms with van der Waals surface area (Å²) in [6.45, 7) is 3.82. The Labute approximate surface area is 121 Å². The third-order valence-electron chi connectivity index (χ3n) is 3.76. The summed E-state index contributed by atoms with van der Waals surface area (Å²) in [6.07, 6.45) is 0. The van der Waals surface area contributed by atoms with Gasteiger partial charge in [-0.15, -0.1) is 0 Å². The van der Waals surface area contributed by atoms with Gasteiger partial charge in [0.2, 0.25) is 5.76 Å². The smallest absolute Gasteiger partial charge is 0.372 e. The maximum Gasteiger partial charge on any atom is 0.372 e. The van der Waals surface area contributed by atoms with Gasteiger partial charge in [0.1, 0.15) is 5.58 Å². The minimum absolute atomic E-state index is 0.0802. The minimum Gasteiger partial charge on any atom is -0.475 e. The quantitative estimate of drug-likeness (QED) is 0.942. The number of benzene rings is 1. The molecular formula is C15H17NO3S. The second-order valence-corrected chi connectivity index (χ2v) is 6.26. The van der Waals surface area contributed by atoms with Crippen molar-refractivity contribution in [1.82, 2.24) is 4.90 Å². The molecule has 1 aliphatic rings. The van der Waals surface area contributed by atoms with Gasteiger partial charge >= 0.3 is 5.97 Å². The van der Waals surface area contributed by atoms with Gasteiger partial charge < -0.3 is 9.52 Å². The zero-order valence-corrected chi connectivity index (χ0v) is 12.2. The van der Waals surface area contributed by atoms with E-state index in [1.807, 2.05) is 36.0 Å². The van der Waals surface area contributed by atoms with Crippen LogP contribution < -0.4 is 0 Å². The van der Waals surface area contributed by atoms with Gasteiger partial charge in [-0.05, 0) is 13.0 Å². The lowest BCUT2D eigenvalue weighted by Gasteiger charge is -2.32. The molecule has 0 saturated carbocycles. The van der Waals surface area contributed by atoms with Crippen molar-refractivity contribution in [3.05, 3.63) is 35.6 Å². The van der Waals surface area contributed by atoms with Crippen LogP contribution in [-0.4, -0.2) is 40.1 Å². The predicted octanol–water partition coefficient (Wildman–Crippen LogP) is 3.07. The molecule has 0 bridgehead atoms. The van der Waals surface area contributed by atoms with Gasteiger partial charge in [-0.2, -0.15) is 11.8 Å². The number of hydrogen-bond donors (Lipinski definition) is 1. The van der Waals surface area contributed by atoms with E-state index in [-0.39, 0.29) is 5.76 Å². The summed E-state index contributed by atoms with van der Waals surface area (Å²) in [6, 6.07) is 8.00. The molecule has 4 nitrogen and oxygen atoms in total. The van der Waals surface area contributed by atoms with E-state index in [0.717, 1.165) is 29.0 Å². The van der Waals surface area contributed by atoms with Crippen LogP contribution in [0.1, 0.15) is 23.0 Å². The first-order valence-electron chi connectivity index (χ1n) is 6.72. The zero-order chi connectivity index (χ0) is 14.1. The van der Waals surface area contributed by atoms with E-state index in [1.54, 1.807) is 0 Å². The third kappa shape index (κ3) is 2.43. The zero-order valence-electron chi connectivity index (χ0n) is 11.3. The van der Waals surface area contributed by atoms with Crippen molar-refractivity contribution in [3.8, 4) is 0 Å². The van der Waals surface area contributed by atoms with Gasteiger partial charge in [0, 0.05) is 41.6 Å². The molecule has 1 atom stereocenters. The molecule has 1 N–H and O–H groups in total. The normalized spacial score (nSPS) is 20.4. The summed E-state index contributed by atoms with van der Waals surface area (Å²) >= 11 is 1.95. The van der Waals surface area contributed by atoms with Crippen LogP contribution >= 0.6 is 11.8 Å². The monoisotopic (exact) mass is 291 g/mol. The summed E-state index contributed by atoms with van der Waals surface area (Å²) in [4.78, 5) is 13.7. The average molecular weight is 291 g/mol. The number of carboxylic acids is 1. The van der Waals surface area contributed by atoms with E-state index < -0.39 is 5.97 Å². The first-order valence-corrected chi connectivity index (χ1v) is 7.88. The highest BCUT2D eigenvalue weighted by Crippen LogP contribution is 2.29. The third-order valence-corrected chi connectivity index (χ3v) is 4.95. The summed E-state index contributed by atoms with van der Waals surface area (Å²) in [5.74, 6) is 1.28. The second-order valence-electron chi connectivity index (χ2n) is 5.11. The minimum atomic E-state index is -0.991. The number of carbonyl (C=O) groups is 1. The van der Waals surface area contributed by atoms with Crippen molar-refractivity contribution >= 4 is 28.7 Å². The fourth-order valence-corrected chi connectivity index (χ4v) is 3.71. The molecule has 2 aromatic rings. The Kier molecular flexibility index (Phi) is 3.72. The number of rotatable bonds is 3. The van der Waals surface area contributed by atoms with Crippen molar-refractivity contribution in [1.29, 1.82) is 0 Å². The molecule has 1 fully saturated rings. The SMILES string of the molecule is CC1CSCCN1Cc1c(C(=O)O)oc2ccccc12. The van der Waals surface area contributed by atoms with Gasteiger partial charge in [0.15, 0.2) is 0 Å². The van der Waals surface area contributed by atoms with Crippen LogP contribution in [0.25, 0.3) is 11.0 Å². The van der Waals surface area contributed by atoms with Gasteiger partial charge in [0.05, 0.1) is 0 Å². The highest BCUT2D eigenvalue weighted by molar-refractivity contribution is 7.99. The molecule has 0 amide bonds. The molecule has 20 heavy (non-hydrogen) atoms. The van der Waals surface area contributed by atoms with Crippen LogP contribution in [0, 0.1) is 0 Å². The number of thioether (sulfide) groups is 1. The largest absolute Gasteiger partial charge is 0.475 e. The first kappa shape index (κ1) is 13.5. The molecule has 0 aliphatic carbocycles. The Morgan fingerprint density at radius 2 is 2.30 bits per heavy atom. The highest BCUT2D eigenvalue weighted by atomic mass is 32.2. The molecule has 1 saturated heterocycles. The molecule has 1 unspecified atom stereocenters. The molecule has 1 aliphatic heterocycles. The Morgan fingerprint density at radius 3 is 3.05 bits per heavy atom. The van der Waals surface area contributed by atoms with Gasteiger partial charge in [0.25, 0.3) is 0 Å². The van der Waals surface area contributed by atoms with E-state index in [0.29, 0.717) is 18.2 Å². The molecule has 5 heteroatoms. The van der Waals surface area contributed by atoms with E-state index in [9.17, 15) is 9.90 Å². The maximum atomic E-state index is 11.4. The van der Waals surface area contributed by atoms with Crippen molar-refractivity contribution in [2.45, 2.75) is 19.5 Å². The molecule has 106 valence electrons. The van der Waals surface area contributed by atoms with E-state index in [2.05, 4.69) is 11.8 Å². The fraction of sp³-hybridized carbons (Fsp3) is 0.400. The number of furan rings is 1. The average Bonchev–Trinajstić information content (AvgIpc) is 2.81. The van der Waals surface area contributed by atoms with Gasteiger partial charge in [-0.3, -0.25) is 4.90 Å². The number of carboxylic acid groups (broad SMARTS) is 1. The Balaban J connectivity index is 2.00. The van der Waals surface area contributed by atoms with Crippen molar-refractivity contribution in [2.24, 2.45) is 0 Å². The lowest BCUT2D eigenvalue weighted by atomic mass is 10.1. The van der Waals surface area contributed by atoms with Gasteiger partial charge in [-0.1, -0.05) is 18.2 Å². The van der Waals surface area contributed by atoms with Crippen LogP contribution in [0.2, 0.25) is 0 Å². The highest BCUT2D eigenvalue weighted by Gasteiger charge is 2.25. The lowest BCUT2D eigenvalue weighted by Crippen LogP contribution is -2.39. The predicted molar refractivity (Wildman–Crippen MR) is 80.4 cm³/mol. The topological polar surface area (TPSA) is 53.7 Å². The Hall–Kier alpha value is -1.46. The summed E-state index contributed by atoms with van der Waals surface area (Å²) in [5, 5.41) is 10.3. The second kappa shape index (κ2) is 5.50. The standard InChI is InChI=1S/C15H17NO3S/c1-10-9-20-7-6-16(10)8-12-11-4-2-3-5-13(11)19-14(12)15(17)18/h2-5,10H,6-9H2,1H3,(H,17,18). The van der Waals surface area contributed by atoms with E-state index >= 15 is 0 Å². The summed E-state index contributed by atoms with van der Waals surface area (Å²) in [5.41, 5.74) is 1.45. The number of nitrogens with zero attached hydrogens (tertiary/aromatic N) is 1. The van der Waals surface area contributed by atoms with Crippen LogP contribution in [0.5, 0.6) is 0 Å². The first-order chi connectivity index (χ1) is 9.66. The molecule has 0 radical (unpaired) electrons. The molecule has 1 aromatic heterocycles. The molecule has 0 spiro atoms. The number of hydrogen-bond acceptors (Lipinski definition) is 4.